The van der Waals surface area contributed by atoms with Gasteiger partial charge in [0, 0.05) is 12.1 Å². The summed E-state index contributed by atoms with van der Waals surface area (Å²) >= 11 is 0. The van der Waals surface area contributed by atoms with Crippen molar-refractivity contribution in [2.75, 3.05) is 4.90 Å². The Balaban J connectivity index is 1.82. The molecule has 4 nitrogen and oxygen atoms in total. The number of ether oxygens (including phenoxy) is 1. The van der Waals surface area contributed by atoms with E-state index in [1.807, 2.05) is 0 Å². The monoisotopic (exact) mass is 455 g/mol. The van der Waals surface area contributed by atoms with Crippen LogP contribution in [0.1, 0.15) is 26.3 Å². The summed E-state index contributed by atoms with van der Waals surface area (Å²) in [6.45, 7) is 0. The zero-order valence-electron chi connectivity index (χ0n) is 15.4. The Hall–Kier alpha value is -3.89. The summed E-state index contributed by atoms with van der Waals surface area (Å²) in [5.41, 5.74) is -2.49. The number of hydrogen-bond donors (Lipinski definition) is 0. The van der Waals surface area contributed by atoms with Crippen molar-refractivity contribution in [1.82, 2.24) is 0 Å². The Bertz CT molecular complexity index is 1230. The molecule has 0 N–H and O–H groups in total. The van der Waals surface area contributed by atoms with E-state index in [0.717, 1.165) is 0 Å². The lowest BCUT2D eigenvalue weighted by atomic mass is 10.1. The van der Waals surface area contributed by atoms with Crippen molar-refractivity contribution in [2.45, 2.75) is 6.18 Å². The van der Waals surface area contributed by atoms with Gasteiger partial charge >= 0.3 is 6.18 Å². The van der Waals surface area contributed by atoms with Crippen LogP contribution in [0.3, 0.4) is 0 Å². The van der Waals surface area contributed by atoms with Crippen LogP contribution in [0.2, 0.25) is 0 Å². The molecule has 11 heteroatoms. The summed E-state index contributed by atoms with van der Waals surface area (Å²) in [7, 11) is 0. The van der Waals surface area contributed by atoms with Crippen LogP contribution >= 0.6 is 0 Å². The minimum absolute atomic E-state index is 0.0556. The number of rotatable bonds is 3. The van der Waals surface area contributed by atoms with Gasteiger partial charge in [-0.1, -0.05) is 12.1 Å². The third kappa shape index (κ3) is 3.45. The number of alkyl halides is 3. The molecule has 3 aromatic carbocycles. The maximum Gasteiger partial charge on any atom is 0.416 e. The van der Waals surface area contributed by atoms with Crippen LogP contribution in [0.15, 0.2) is 48.5 Å². The van der Waals surface area contributed by atoms with E-state index in [2.05, 4.69) is 0 Å². The van der Waals surface area contributed by atoms with Gasteiger partial charge in [-0.15, -0.1) is 0 Å². The molecule has 0 bridgehead atoms. The molecule has 4 rings (SSSR count). The Morgan fingerprint density at radius 1 is 0.719 bits per heavy atom. The second kappa shape index (κ2) is 7.36. The van der Waals surface area contributed by atoms with E-state index in [1.165, 1.54) is 24.3 Å². The van der Waals surface area contributed by atoms with E-state index >= 15 is 0 Å². The number of anilines is 1. The van der Waals surface area contributed by atoms with Crippen molar-refractivity contribution >= 4 is 17.5 Å². The minimum atomic E-state index is -5.06. The van der Waals surface area contributed by atoms with Gasteiger partial charge in [-0.3, -0.25) is 9.59 Å². The van der Waals surface area contributed by atoms with Gasteiger partial charge in [-0.25, -0.2) is 22.5 Å². The highest BCUT2D eigenvalue weighted by atomic mass is 19.4. The van der Waals surface area contributed by atoms with E-state index < -0.39 is 64.0 Å². The number of benzene rings is 3. The molecule has 0 saturated carbocycles. The highest BCUT2D eigenvalue weighted by Gasteiger charge is 2.39. The van der Waals surface area contributed by atoms with Crippen molar-refractivity contribution in [3.63, 3.8) is 0 Å². The van der Waals surface area contributed by atoms with E-state index in [-0.39, 0.29) is 23.3 Å². The molecular formula is C21H8F7NO3. The highest BCUT2D eigenvalue weighted by molar-refractivity contribution is 6.34. The van der Waals surface area contributed by atoms with Crippen LogP contribution in [0.25, 0.3) is 0 Å². The van der Waals surface area contributed by atoms with Crippen LogP contribution in [-0.4, -0.2) is 11.8 Å². The fraction of sp³-hybridized carbons (Fsp3) is 0.0476. The first-order valence-electron chi connectivity index (χ1n) is 8.70. The summed E-state index contributed by atoms with van der Waals surface area (Å²) in [5, 5.41) is 0. The molecule has 2 amide bonds. The molecule has 0 fully saturated rings. The topological polar surface area (TPSA) is 46.6 Å². The van der Waals surface area contributed by atoms with E-state index in [9.17, 15) is 40.3 Å². The molecule has 0 aliphatic carbocycles. The number of amides is 2. The SMILES string of the molecule is O=C1c2ccccc2C(=O)N1c1cc(F)c(F)cc1Oc1c(F)cc(C(F)(F)F)cc1F. The van der Waals surface area contributed by atoms with Gasteiger partial charge in [0.15, 0.2) is 34.8 Å². The van der Waals surface area contributed by atoms with Crippen molar-refractivity contribution in [3.05, 3.63) is 88.5 Å². The van der Waals surface area contributed by atoms with Crippen LogP contribution in [0.5, 0.6) is 11.5 Å². The quantitative estimate of drug-likeness (QED) is 0.368. The number of hydrogen-bond acceptors (Lipinski definition) is 3. The van der Waals surface area contributed by atoms with Crippen LogP contribution in [0.4, 0.5) is 36.4 Å². The van der Waals surface area contributed by atoms with Gasteiger partial charge in [0.1, 0.15) is 0 Å². The van der Waals surface area contributed by atoms with Crippen LogP contribution in [-0.2, 0) is 6.18 Å². The first kappa shape index (κ1) is 21.3. The zero-order valence-corrected chi connectivity index (χ0v) is 15.4. The summed E-state index contributed by atoms with van der Waals surface area (Å²) in [4.78, 5) is 25.7. The standard InChI is InChI=1S/C21H8F7NO3/c22-12-7-16(29-19(30)10-3-1-2-4-11(10)20(29)31)17(8-13(12)23)32-18-14(24)5-9(6-15(18)25)21(26,27)28/h1-8H. The lowest BCUT2D eigenvalue weighted by Crippen LogP contribution is -2.30. The molecule has 1 aliphatic heterocycles. The van der Waals surface area contributed by atoms with Crippen molar-refractivity contribution in [3.8, 4) is 11.5 Å². The fourth-order valence-corrected chi connectivity index (χ4v) is 3.11. The van der Waals surface area contributed by atoms with Gasteiger partial charge in [0.05, 0.1) is 22.4 Å². The van der Waals surface area contributed by atoms with Crippen molar-refractivity contribution in [2.24, 2.45) is 0 Å². The lowest BCUT2D eigenvalue weighted by molar-refractivity contribution is -0.138. The van der Waals surface area contributed by atoms with Crippen molar-refractivity contribution in [1.29, 1.82) is 0 Å². The molecule has 0 unspecified atom stereocenters. The molecule has 0 radical (unpaired) electrons. The molecule has 0 spiro atoms. The number of halogens is 7. The van der Waals surface area contributed by atoms with Gasteiger partial charge in [-0.05, 0) is 24.3 Å². The van der Waals surface area contributed by atoms with Crippen molar-refractivity contribution < 1.29 is 45.1 Å². The molecule has 32 heavy (non-hydrogen) atoms. The summed E-state index contributed by atoms with van der Waals surface area (Å²) < 4.78 is 99.3. The predicted octanol–water partition coefficient (Wildman–Crippen LogP) is 5.85. The number of nitrogens with zero attached hydrogens (tertiary/aromatic N) is 1. The first-order chi connectivity index (χ1) is 15.0. The number of carbonyl (C=O) groups is 2. The molecule has 0 atom stereocenters. The lowest BCUT2D eigenvalue weighted by Gasteiger charge is -2.19. The predicted molar refractivity (Wildman–Crippen MR) is 95.4 cm³/mol. The molecule has 0 saturated heterocycles. The largest absolute Gasteiger partial charge is 0.449 e. The smallest absolute Gasteiger partial charge is 0.416 e. The van der Waals surface area contributed by atoms with Gasteiger partial charge in [0.2, 0.25) is 0 Å². The van der Waals surface area contributed by atoms with Gasteiger partial charge in [-0.2, -0.15) is 13.2 Å². The Morgan fingerprint density at radius 3 is 1.72 bits per heavy atom. The Morgan fingerprint density at radius 2 is 1.22 bits per heavy atom. The summed E-state index contributed by atoms with van der Waals surface area (Å²) in [6.07, 6.45) is -5.06. The molecule has 164 valence electrons. The third-order valence-corrected chi connectivity index (χ3v) is 4.57. The molecule has 1 heterocycles. The Labute approximate surface area is 174 Å². The van der Waals surface area contributed by atoms with E-state index in [1.54, 1.807) is 0 Å². The summed E-state index contributed by atoms with van der Waals surface area (Å²) in [5.74, 6) is -10.8. The first-order valence-corrected chi connectivity index (χ1v) is 8.70. The number of fused-ring (bicyclic) bond motifs is 1. The maximum atomic E-state index is 14.2. The molecule has 1 aliphatic rings. The number of carbonyl (C=O) groups excluding carboxylic acids is 2. The van der Waals surface area contributed by atoms with Crippen LogP contribution in [0, 0.1) is 23.3 Å². The van der Waals surface area contributed by atoms with Gasteiger partial charge in [0.25, 0.3) is 11.8 Å². The van der Waals surface area contributed by atoms with Crippen LogP contribution < -0.4 is 9.64 Å². The second-order valence-electron chi connectivity index (χ2n) is 6.59. The average Bonchev–Trinajstić information content (AvgIpc) is 2.97. The number of imide groups is 1. The Kier molecular flexibility index (Phi) is 4.91. The fourth-order valence-electron chi connectivity index (χ4n) is 3.11. The minimum Gasteiger partial charge on any atom is -0.449 e. The average molecular weight is 455 g/mol. The second-order valence-corrected chi connectivity index (χ2v) is 6.59. The molecule has 3 aromatic rings. The van der Waals surface area contributed by atoms with E-state index in [4.69, 9.17) is 4.74 Å². The summed E-state index contributed by atoms with van der Waals surface area (Å²) in [6, 6.07) is 6.08. The maximum absolute atomic E-state index is 14.2. The third-order valence-electron chi connectivity index (χ3n) is 4.57. The van der Waals surface area contributed by atoms with Gasteiger partial charge < -0.3 is 4.74 Å². The van der Waals surface area contributed by atoms with E-state index in [0.29, 0.717) is 17.0 Å². The highest BCUT2D eigenvalue weighted by Crippen LogP contribution is 2.41. The molecular weight excluding hydrogens is 447 g/mol. The molecule has 0 aromatic heterocycles. The normalized spacial score (nSPS) is 13.5. The zero-order chi connectivity index (χ0) is 23.4.